The molecular weight excluding hydrogens is 168 g/mol. The molecule has 1 aliphatic heterocycles. The normalized spacial score (nSPS) is 33.5. The van der Waals surface area contributed by atoms with Crippen molar-refractivity contribution in [3.8, 4) is 0 Å². The van der Waals surface area contributed by atoms with Crippen LogP contribution < -0.4 is 11.1 Å². The number of hydrogen-bond donors (Lipinski definition) is 2. The van der Waals surface area contributed by atoms with Gasteiger partial charge in [0.25, 0.3) is 0 Å². The Kier molecular flexibility index (Phi) is 2.51. The molecule has 13 heavy (non-hydrogen) atoms. The first kappa shape index (κ1) is 8.97. The predicted octanol–water partition coefficient (Wildman–Crippen LogP) is -0.371. The molecule has 1 saturated carbocycles. The zero-order valence-electron chi connectivity index (χ0n) is 7.66. The molecule has 1 aliphatic carbocycles. The van der Waals surface area contributed by atoms with E-state index in [2.05, 4.69) is 5.32 Å². The molecule has 0 spiro atoms. The Morgan fingerprint density at radius 2 is 2.31 bits per heavy atom. The van der Waals surface area contributed by atoms with Gasteiger partial charge in [0.05, 0.1) is 12.1 Å². The maximum Gasteiger partial charge on any atom is 0.234 e. The Morgan fingerprint density at radius 3 is 2.85 bits per heavy atom. The third kappa shape index (κ3) is 2.42. The largest absolute Gasteiger partial charge is 0.377 e. The van der Waals surface area contributed by atoms with E-state index >= 15 is 0 Å². The van der Waals surface area contributed by atoms with E-state index in [1.54, 1.807) is 0 Å². The summed E-state index contributed by atoms with van der Waals surface area (Å²) in [5, 5.41) is 3.05. The zero-order valence-corrected chi connectivity index (χ0v) is 7.66. The van der Waals surface area contributed by atoms with Crippen LogP contribution in [-0.4, -0.2) is 31.2 Å². The molecule has 1 amide bonds. The average molecular weight is 184 g/mol. The predicted molar refractivity (Wildman–Crippen MR) is 48.1 cm³/mol. The molecule has 1 heterocycles. The number of carbonyl (C=O) groups is 1. The lowest BCUT2D eigenvalue weighted by Gasteiger charge is -2.09. The summed E-state index contributed by atoms with van der Waals surface area (Å²) in [6, 6.07) is -0.177. The lowest BCUT2D eigenvalue weighted by Crippen LogP contribution is -2.36. The van der Waals surface area contributed by atoms with Crippen molar-refractivity contribution < 1.29 is 9.53 Å². The maximum atomic E-state index is 10.8. The quantitative estimate of drug-likeness (QED) is 0.626. The number of rotatable bonds is 4. The van der Waals surface area contributed by atoms with Crippen molar-refractivity contribution in [2.24, 2.45) is 11.7 Å². The molecule has 1 saturated heterocycles. The van der Waals surface area contributed by atoms with Gasteiger partial charge in [-0.05, 0) is 25.2 Å². The third-order valence-electron chi connectivity index (χ3n) is 2.70. The fourth-order valence-corrected chi connectivity index (χ4v) is 1.60. The van der Waals surface area contributed by atoms with Crippen molar-refractivity contribution in [2.75, 3.05) is 13.2 Å². The van der Waals surface area contributed by atoms with E-state index in [0.717, 1.165) is 25.5 Å². The van der Waals surface area contributed by atoms with Crippen LogP contribution in [0.2, 0.25) is 0 Å². The van der Waals surface area contributed by atoms with Gasteiger partial charge in [0.2, 0.25) is 5.91 Å². The number of ether oxygens (including phenoxy) is 1. The molecular formula is C9H16N2O2. The number of primary amides is 1. The van der Waals surface area contributed by atoms with Crippen LogP contribution in [0.15, 0.2) is 0 Å². The van der Waals surface area contributed by atoms with E-state index in [4.69, 9.17) is 10.5 Å². The second-order valence-corrected chi connectivity index (χ2v) is 4.00. The Balaban J connectivity index is 1.67. The van der Waals surface area contributed by atoms with Crippen LogP contribution in [0.3, 0.4) is 0 Å². The van der Waals surface area contributed by atoms with Crippen molar-refractivity contribution in [2.45, 2.75) is 31.4 Å². The summed E-state index contributed by atoms with van der Waals surface area (Å²) in [4.78, 5) is 10.8. The van der Waals surface area contributed by atoms with Crippen molar-refractivity contribution in [1.29, 1.82) is 0 Å². The summed E-state index contributed by atoms with van der Waals surface area (Å²) < 4.78 is 5.64. The van der Waals surface area contributed by atoms with E-state index in [0.29, 0.717) is 0 Å². The highest BCUT2D eigenvalue weighted by Gasteiger charge is 2.30. The highest BCUT2D eigenvalue weighted by molar-refractivity contribution is 5.80. The van der Waals surface area contributed by atoms with Gasteiger partial charge in [0, 0.05) is 13.2 Å². The van der Waals surface area contributed by atoms with Gasteiger partial charge in [0.1, 0.15) is 0 Å². The Morgan fingerprint density at radius 1 is 1.54 bits per heavy atom. The second kappa shape index (κ2) is 3.64. The minimum atomic E-state index is -0.266. The van der Waals surface area contributed by atoms with Crippen LogP contribution >= 0.6 is 0 Å². The Bertz CT molecular complexity index is 204. The number of nitrogens with one attached hydrogen (secondary N) is 1. The van der Waals surface area contributed by atoms with E-state index in [-0.39, 0.29) is 18.1 Å². The molecule has 2 rings (SSSR count). The van der Waals surface area contributed by atoms with E-state index in [9.17, 15) is 4.79 Å². The number of carbonyl (C=O) groups excluding carboxylic acids is 1. The fraction of sp³-hybridized carbons (Fsp3) is 0.889. The molecule has 2 aliphatic rings. The molecule has 74 valence electrons. The fourth-order valence-electron chi connectivity index (χ4n) is 1.60. The highest BCUT2D eigenvalue weighted by atomic mass is 16.5. The van der Waals surface area contributed by atoms with Gasteiger partial charge in [-0.3, -0.25) is 4.79 Å². The van der Waals surface area contributed by atoms with Crippen LogP contribution in [-0.2, 0) is 9.53 Å². The van der Waals surface area contributed by atoms with Gasteiger partial charge in [-0.1, -0.05) is 0 Å². The van der Waals surface area contributed by atoms with Crippen LogP contribution in [0.25, 0.3) is 0 Å². The number of amides is 1. The van der Waals surface area contributed by atoms with E-state index in [1.807, 2.05) is 0 Å². The van der Waals surface area contributed by atoms with E-state index in [1.165, 1.54) is 12.8 Å². The molecule has 4 heteroatoms. The van der Waals surface area contributed by atoms with Crippen molar-refractivity contribution in [1.82, 2.24) is 5.32 Å². The molecule has 2 atom stereocenters. The number of nitrogens with two attached hydrogens (primary N) is 1. The first-order chi connectivity index (χ1) is 6.25. The van der Waals surface area contributed by atoms with Crippen LogP contribution in [0.5, 0.6) is 0 Å². The number of hydrogen-bond acceptors (Lipinski definition) is 3. The van der Waals surface area contributed by atoms with Gasteiger partial charge in [-0.2, -0.15) is 0 Å². The highest BCUT2D eigenvalue weighted by Crippen LogP contribution is 2.29. The molecule has 4 nitrogen and oxygen atoms in total. The minimum Gasteiger partial charge on any atom is -0.377 e. The Hall–Kier alpha value is -0.610. The zero-order chi connectivity index (χ0) is 9.26. The first-order valence-corrected chi connectivity index (χ1v) is 4.90. The molecule has 0 aromatic carbocycles. The van der Waals surface area contributed by atoms with Crippen molar-refractivity contribution in [3.63, 3.8) is 0 Å². The molecule has 0 aromatic rings. The molecule has 0 bridgehead atoms. The topological polar surface area (TPSA) is 64.4 Å². The lowest BCUT2D eigenvalue weighted by atomic mass is 10.2. The van der Waals surface area contributed by atoms with Crippen LogP contribution in [0, 0.1) is 5.92 Å². The summed E-state index contributed by atoms with van der Waals surface area (Å²) >= 11 is 0. The standard InChI is InChI=1S/C9H16N2O2/c10-9(12)8-3-7(4-11-8)13-5-6-1-2-6/h6-8,11H,1-5H2,(H2,10,12). The van der Waals surface area contributed by atoms with Crippen molar-refractivity contribution in [3.05, 3.63) is 0 Å². The van der Waals surface area contributed by atoms with Crippen LogP contribution in [0.1, 0.15) is 19.3 Å². The SMILES string of the molecule is NC(=O)C1CC(OCC2CC2)CN1. The smallest absolute Gasteiger partial charge is 0.234 e. The minimum absolute atomic E-state index is 0.177. The van der Waals surface area contributed by atoms with Gasteiger partial charge >= 0.3 is 0 Å². The molecule has 0 aromatic heterocycles. The molecule has 3 N–H and O–H groups in total. The van der Waals surface area contributed by atoms with Gasteiger partial charge in [-0.25, -0.2) is 0 Å². The summed E-state index contributed by atoms with van der Waals surface area (Å²) in [7, 11) is 0. The summed E-state index contributed by atoms with van der Waals surface area (Å²) in [5.41, 5.74) is 5.17. The lowest BCUT2D eigenvalue weighted by molar-refractivity contribution is -0.119. The van der Waals surface area contributed by atoms with E-state index < -0.39 is 0 Å². The third-order valence-corrected chi connectivity index (χ3v) is 2.70. The Labute approximate surface area is 77.8 Å². The molecule has 0 radical (unpaired) electrons. The monoisotopic (exact) mass is 184 g/mol. The first-order valence-electron chi connectivity index (χ1n) is 4.90. The summed E-state index contributed by atoms with van der Waals surface area (Å²) in [5.74, 6) is 0.519. The summed E-state index contributed by atoms with van der Waals surface area (Å²) in [6.07, 6.45) is 3.54. The van der Waals surface area contributed by atoms with Crippen LogP contribution in [0.4, 0.5) is 0 Å². The van der Waals surface area contributed by atoms with Gasteiger partial charge < -0.3 is 15.8 Å². The molecule has 2 fully saturated rings. The summed E-state index contributed by atoms with van der Waals surface area (Å²) in [6.45, 7) is 1.62. The molecule has 2 unspecified atom stereocenters. The van der Waals surface area contributed by atoms with Gasteiger partial charge in [0.15, 0.2) is 0 Å². The van der Waals surface area contributed by atoms with Gasteiger partial charge in [-0.15, -0.1) is 0 Å². The maximum absolute atomic E-state index is 10.8. The van der Waals surface area contributed by atoms with Crippen molar-refractivity contribution >= 4 is 5.91 Å². The average Bonchev–Trinajstić information content (AvgIpc) is 2.79. The second-order valence-electron chi connectivity index (χ2n) is 4.00.